The van der Waals surface area contributed by atoms with E-state index in [1.54, 1.807) is 18.0 Å². The number of carbonyl (C=O) groups excluding carboxylic acids is 1. The first-order valence-corrected chi connectivity index (χ1v) is 4.70. The van der Waals surface area contributed by atoms with Crippen LogP contribution in [0.3, 0.4) is 0 Å². The monoisotopic (exact) mass is 219 g/mol. The van der Waals surface area contributed by atoms with Crippen LogP contribution < -0.4 is 16.4 Å². The van der Waals surface area contributed by atoms with Crippen LogP contribution in [0.25, 0.3) is 0 Å². The van der Waals surface area contributed by atoms with E-state index in [0.717, 1.165) is 0 Å². The minimum Gasteiger partial charge on any atom is -0.396 e. The molecular formula is C10H13N5O. The molecule has 1 amide bonds. The largest absolute Gasteiger partial charge is 0.396 e. The molecule has 0 fully saturated rings. The van der Waals surface area contributed by atoms with E-state index in [1.807, 2.05) is 6.07 Å². The zero-order valence-corrected chi connectivity index (χ0v) is 8.97. The van der Waals surface area contributed by atoms with Gasteiger partial charge in [0.25, 0.3) is 5.91 Å². The number of nitrogens with two attached hydrogens (primary N) is 2. The average molecular weight is 219 g/mol. The Bertz CT molecular complexity index is 437. The molecule has 0 spiro atoms. The number of hydrogen-bond donors (Lipinski definition) is 2. The first-order valence-electron chi connectivity index (χ1n) is 4.70. The van der Waals surface area contributed by atoms with Gasteiger partial charge in [0, 0.05) is 13.6 Å². The number of nitriles is 1. The zero-order valence-electron chi connectivity index (χ0n) is 8.97. The number of hydrogen-bond acceptors (Lipinski definition) is 5. The molecule has 0 bridgehead atoms. The normalized spacial score (nSPS) is 9.50. The van der Waals surface area contributed by atoms with Crippen molar-refractivity contribution in [1.29, 1.82) is 5.26 Å². The van der Waals surface area contributed by atoms with E-state index in [9.17, 15) is 4.79 Å². The lowest BCUT2D eigenvalue weighted by Gasteiger charge is -2.18. The maximum absolute atomic E-state index is 10.9. The summed E-state index contributed by atoms with van der Waals surface area (Å²) < 4.78 is 0. The van der Waals surface area contributed by atoms with Gasteiger partial charge in [-0.1, -0.05) is 0 Å². The van der Waals surface area contributed by atoms with Crippen LogP contribution in [0.1, 0.15) is 16.9 Å². The SMILES string of the molecule is CN(CCC#N)c1nc(C(N)=O)ccc1N. The summed E-state index contributed by atoms with van der Waals surface area (Å²) in [5.74, 6) is -0.138. The number of anilines is 2. The highest BCUT2D eigenvalue weighted by molar-refractivity contribution is 5.91. The number of nitrogens with zero attached hydrogens (tertiary/aromatic N) is 3. The van der Waals surface area contributed by atoms with Crippen LogP contribution in [0, 0.1) is 11.3 Å². The van der Waals surface area contributed by atoms with Gasteiger partial charge in [0.2, 0.25) is 0 Å². The van der Waals surface area contributed by atoms with Gasteiger partial charge in [0.15, 0.2) is 5.82 Å². The molecule has 16 heavy (non-hydrogen) atoms. The number of rotatable bonds is 4. The Morgan fingerprint density at radius 3 is 2.88 bits per heavy atom. The van der Waals surface area contributed by atoms with Crippen LogP contribution in [0.4, 0.5) is 11.5 Å². The molecule has 1 rings (SSSR count). The van der Waals surface area contributed by atoms with Crippen molar-refractivity contribution in [3.63, 3.8) is 0 Å². The summed E-state index contributed by atoms with van der Waals surface area (Å²) >= 11 is 0. The molecule has 0 aliphatic heterocycles. The molecule has 0 aromatic carbocycles. The number of carbonyl (C=O) groups is 1. The molecule has 0 saturated heterocycles. The molecule has 1 aromatic heterocycles. The van der Waals surface area contributed by atoms with Crippen molar-refractivity contribution in [3.8, 4) is 6.07 Å². The van der Waals surface area contributed by atoms with E-state index < -0.39 is 5.91 Å². The first-order chi connectivity index (χ1) is 7.56. The Labute approximate surface area is 93.5 Å². The molecule has 6 nitrogen and oxygen atoms in total. The van der Waals surface area contributed by atoms with Crippen molar-refractivity contribution in [2.24, 2.45) is 5.73 Å². The number of amides is 1. The van der Waals surface area contributed by atoms with E-state index in [4.69, 9.17) is 16.7 Å². The van der Waals surface area contributed by atoms with E-state index >= 15 is 0 Å². The van der Waals surface area contributed by atoms with Gasteiger partial charge in [-0.3, -0.25) is 4.79 Å². The predicted octanol–water partition coefficient (Wildman–Crippen LogP) is 0.113. The van der Waals surface area contributed by atoms with Crippen molar-refractivity contribution < 1.29 is 4.79 Å². The van der Waals surface area contributed by atoms with E-state index in [0.29, 0.717) is 24.5 Å². The van der Waals surface area contributed by atoms with Crippen molar-refractivity contribution in [2.75, 3.05) is 24.2 Å². The third kappa shape index (κ3) is 2.60. The Morgan fingerprint density at radius 1 is 1.62 bits per heavy atom. The van der Waals surface area contributed by atoms with Gasteiger partial charge in [-0.2, -0.15) is 5.26 Å². The third-order valence-corrected chi connectivity index (χ3v) is 2.08. The zero-order chi connectivity index (χ0) is 12.1. The highest BCUT2D eigenvalue weighted by Crippen LogP contribution is 2.19. The van der Waals surface area contributed by atoms with Crippen LogP contribution >= 0.6 is 0 Å². The van der Waals surface area contributed by atoms with Crippen LogP contribution in [0.15, 0.2) is 12.1 Å². The van der Waals surface area contributed by atoms with Gasteiger partial charge < -0.3 is 16.4 Å². The Morgan fingerprint density at radius 2 is 2.31 bits per heavy atom. The van der Waals surface area contributed by atoms with Gasteiger partial charge in [-0.25, -0.2) is 4.98 Å². The Kier molecular flexibility index (Phi) is 3.67. The van der Waals surface area contributed by atoms with E-state index in [2.05, 4.69) is 4.98 Å². The first kappa shape index (κ1) is 11.8. The molecule has 1 aromatic rings. The second kappa shape index (κ2) is 4.98. The summed E-state index contributed by atoms with van der Waals surface area (Å²) in [5, 5.41) is 8.47. The highest BCUT2D eigenvalue weighted by Gasteiger charge is 2.10. The van der Waals surface area contributed by atoms with Gasteiger partial charge in [-0.05, 0) is 12.1 Å². The van der Waals surface area contributed by atoms with Crippen molar-refractivity contribution >= 4 is 17.4 Å². The van der Waals surface area contributed by atoms with Gasteiger partial charge in [0.1, 0.15) is 5.69 Å². The molecular weight excluding hydrogens is 206 g/mol. The fraction of sp³-hybridized carbons (Fsp3) is 0.300. The number of pyridine rings is 1. The number of primary amides is 1. The molecule has 0 saturated carbocycles. The fourth-order valence-electron chi connectivity index (χ4n) is 1.23. The lowest BCUT2D eigenvalue weighted by atomic mass is 10.3. The van der Waals surface area contributed by atoms with Gasteiger partial charge >= 0.3 is 0 Å². The van der Waals surface area contributed by atoms with E-state index in [-0.39, 0.29) is 5.69 Å². The molecule has 0 unspecified atom stereocenters. The topological polar surface area (TPSA) is 109 Å². The second-order valence-corrected chi connectivity index (χ2v) is 3.30. The molecule has 0 aliphatic rings. The highest BCUT2D eigenvalue weighted by atomic mass is 16.1. The summed E-state index contributed by atoms with van der Waals surface area (Å²) in [5.41, 5.74) is 11.5. The quantitative estimate of drug-likeness (QED) is 0.747. The van der Waals surface area contributed by atoms with Crippen molar-refractivity contribution in [1.82, 2.24) is 4.98 Å². The molecule has 0 atom stereocenters. The van der Waals surface area contributed by atoms with Gasteiger partial charge in [0.05, 0.1) is 18.2 Å². The summed E-state index contributed by atoms with van der Waals surface area (Å²) in [4.78, 5) is 16.7. The minimum atomic E-state index is -0.602. The van der Waals surface area contributed by atoms with Crippen molar-refractivity contribution in [2.45, 2.75) is 6.42 Å². The minimum absolute atomic E-state index is 0.160. The third-order valence-electron chi connectivity index (χ3n) is 2.08. The molecule has 6 heteroatoms. The van der Waals surface area contributed by atoms with Gasteiger partial charge in [-0.15, -0.1) is 0 Å². The van der Waals surface area contributed by atoms with Crippen LogP contribution in [-0.4, -0.2) is 24.5 Å². The van der Waals surface area contributed by atoms with Crippen LogP contribution in [0.2, 0.25) is 0 Å². The number of aromatic nitrogens is 1. The average Bonchev–Trinajstić information content (AvgIpc) is 2.26. The Hall–Kier alpha value is -2.29. The smallest absolute Gasteiger partial charge is 0.267 e. The molecule has 84 valence electrons. The predicted molar refractivity (Wildman–Crippen MR) is 60.7 cm³/mol. The standard InChI is InChI=1S/C10H13N5O/c1-15(6-2-5-11)10-7(12)3-4-8(14-10)9(13)16/h3-4H,2,6,12H2,1H3,(H2,13,16). The molecule has 0 aliphatic carbocycles. The lowest BCUT2D eigenvalue weighted by molar-refractivity contribution is 0.0995. The summed E-state index contributed by atoms with van der Waals surface area (Å²) in [6, 6.07) is 5.07. The maximum Gasteiger partial charge on any atom is 0.267 e. The van der Waals surface area contributed by atoms with E-state index in [1.165, 1.54) is 6.07 Å². The Balaban J connectivity index is 2.98. The summed E-state index contributed by atoms with van der Waals surface area (Å²) in [6.45, 7) is 0.496. The maximum atomic E-state index is 10.9. The van der Waals surface area contributed by atoms with Crippen LogP contribution in [-0.2, 0) is 0 Å². The fourth-order valence-corrected chi connectivity index (χ4v) is 1.23. The molecule has 1 heterocycles. The summed E-state index contributed by atoms with van der Waals surface area (Å²) in [7, 11) is 1.75. The number of nitrogen functional groups attached to an aromatic ring is 1. The lowest BCUT2D eigenvalue weighted by Crippen LogP contribution is -2.23. The second-order valence-electron chi connectivity index (χ2n) is 3.30. The molecule has 4 N–H and O–H groups in total. The molecule has 0 radical (unpaired) electrons. The summed E-state index contributed by atoms with van der Waals surface area (Å²) in [6.07, 6.45) is 0.360. The van der Waals surface area contributed by atoms with Crippen molar-refractivity contribution in [3.05, 3.63) is 17.8 Å². The van der Waals surface area contributed by atoms with Crippen LogP contribution in [0.5, 0.6) is 0 Å².